The summed E-state index contributed by atoms with van der Waals surface area (Å²) in [6.45, 7) is 5.60. The molecular weight excluding hydrogens is 214 g/mol. The van der Waals surface area contributed by atoms with Crippen LogP contribution in [0.5, 0.6) is 0 Å². The van der Waals surface area contributed by atoms with Gasteiger partial charge in [0.15, 0.2) is 0 Å². The molecule has 0 amide bonds. The van der Waals surface area contributed by atoms with E-state index in [-0.39, 0.29) is 0 Å². The molecule has 0 aliphatic carbocycles. The van der Waals surface area contributed by atoms with E-state index >= 15 is 0 Å². The average Bonchev–Trinajstić information content (AvgIpc) is 2.12. The fourth-order valence-electron chi connectivity index (χ4n) is 0.701. The SMILES string of the molecule is C=C/C=C(\C=C/C)SCC=N[S+](C)[O-]. The normalized spacial score (nSPS) is 15.2. The molecule has 0 radical (unpaired) electrons. The van der Waals surface area contributed by atoms with Crippen LogP contribution in [-0.4, -0.2) is 22.8 Å². The van der Waals surface area contributed by atoms with Crippen LogP contribution in [0, 0.1) is 0 Å². The summed E-state index contributed by atoms with van der Waals surface area (Å²) in [6.07, 6.45) is 10.9. The van der Waals surface area contributed by atoms with E-state index < -0.39 is 11.4 Å². The Morgan fingerprint density at radius 2 is 2.36 bits per heavy atom. The van der Waals surface area contributed by atoms with Crippen LogP contribution in [0.25, 0.3) is 0 Å². The molecule has 1 unspecified atom stereocenters. The summed E-state index contributed by atoms with van der Waals surface area (Å²) in [6, 6.07) is 0. The van der Waals surface area contributed by atoms with Crippen molar-refractivity contribution in [2.45, 2.75) is 6.92 Å². The zero-order chi connectivity index (χ0) is 10.8. The first-order valence-corrected chi connectivity index (χ1v) is 6.65. The molecule has 0 aliphatic rings. The zero-order valence-electron chi connectivity index (χ0n) is 8.47. The molecule has 0 spiro atoms. The van der Waals surface area contributed by atoms with Crippen LogP contribution in [0.3, 0.4) is 0 Å². The van der Waals surface area contributed by atoms with Gasteiger partial charge in [0.1, 0.15) is 6.26 Å². The van der Waals surface area contributed by atoms with Gasteiger partial charge < -0.3 is 4.55 Å². The van der Waals surface area contributed by atoms with Crippen LogP contribution in [0.4, 0.5) is 0 Å². The Morgan fingerprint density at radius 3 is 2.86 bits per heavy atom. The van der Waals surface area contributed by atoms with Crippen molar-refractivity contribution in [3.8, 4) is 0 Å². The second-order valence-corrected chi connectivity index (χ2v) is 4.48. The minimum Gasteiger partial charge on any atom is -0.592 e. The first-order valence-electron chi connectivity index (χ1n) is 4.15. The molecule has 2 nitrogen and oxygen atoms in total. The number of rotatable bonds is 6. The molecule has 0 saturated carbocycles. The van der Waals surface area contributed by atoms with E-state index in [0.717, 1.165) is 10.7 Å². The highest BCUT2D eigenvalue weighted by Crippen LogP contribution is 2.15. The Morgan fingerprint density at radius 1 is 1.64 bits per heavy atom. The van der Waals surface area contributed by atoms with Crippen LogP contribution < -0.4 is 0 Å². The van der Waals surface area contributed by atoms with Crippen LogP contribution in [-0.2, 0) is 11.4 Å². The van der Waals surface area contributed by atoms with Crippen molar-refractivity contribution in [2.75, 3.05) is 12.0 Å². The summed E-state index contributed by atoms with van der Waals surface area (Å²) in [5.74, 6) is 0.726. The van der Waals surface area contributed by atoms with E-state index in [2.05, 4.69) is 11.0 Å². The highest BCUT2D eigenvalue weighted by atomic mass is 32.2. The molecule has 0 aliphatic heterocycles. The number of hydrogen-bond donors (Lipinski definition) is 0. The average molecular weight is 229 g/mol. The molecule has 0 fully saturated rings. The second kappa shape index (κ2) is 9.12. The Kier molecular flexibility index (Phi) is 8.83. The standard InChI is InChI=1S/C10H15NOS2/c1-4-6-10(7-5-2)13-9-8-11-14(3)12/h4-8H,1,9H2,2-3H3/b7-5-,10-6+,11-8?. The monoisotopic (exact) mass is 229 g/mol. The van der Waals surface area contributed by atoms with Gasteiger partial charge in [-0.1, -0.05) is 29.2 Å². The van der Waals surface area contributed by atoms with Gasteiger partial charge in [0.2, 0.25) is 0 Å². The number of nitrogens with zero attached hydrogens (tertiary/aromatic N) is 1. The van der Waals surface area contributed by atoms with Crippen LogP contribution >= 0.6 is 11.8 Å². The molecule has 14 heavy (non-hydrogen) atoms. The Bertz CT molecular complexity index is 245. The first kappa shape index (κ1) is 13.5. The van der Waals surface area contributed by atoms with Gasteiger partial charge in [0.25, 0.3) is 0 Å². The Balaban J connectivity index is 3.95. The van der Waals surface area contributed by atoms with Crippen molar-refractivity contribution in [1.82, 2.24) is 0 Å². The molecule has 78 valence electrons. The van der Waals surface area contributed by atoms with Crippen molar-refractivity contribution in [3.05, 3.63) is 35.8 Å². The highest BCUT2D eigenvalue weighted by molar-refractivity contribution is 8.03. The van der Waals surface area contributed by atoms with E-state index in [9.17, 15) is 4.55 Å². The van der Waals surface area contributed by atoms with E-state index in [1.807, 2.05) is 25.2 Å². The van der Waals surface area contributed by atoms with Crippen molar-refractivity contribution in [1.29, 1.82) is 0 Å². The lowest BCUT2D eigenvalue weighted by Gasteiger charge is -1.97. The van der Waals surface area contributed by atoms with E-state index in [4.69, 9.17) is 0 Å². The fourth-order valence-corrected chi connectivity index (χ4v) is 1.85. The third-order valence-corrected chi connectivity index (χ3v) is 2.53. The molecule has 0 saturated heterocycles. The van der Waals surface area contributed by atoms with Gasteiger partial charge in [-0.2, -0.15) is 0 Å². The van der Waals surface area contributed by atoms with E-state index in [1.165, 1.54) is 0 Å². The van der Waals surface area contributed by atoms with Gasteiger partial charge >= 0.3 is 0 Å². The van der Waals surface area contributed by atoms with Gasteiger partial charge in [-0.05, 0) is 13.0 Å². The molecule has 0 aromatic heterocycles. The summed E-state index contributed by atoms with van der Waals surface area (Å²) in [7, 11) is 0. The quantitative estimate of drug-likeness (QED) is 0.399. The van der Waals surface area contributed by atoms with Gasteiger partial charge in [-0.25, -0.2) is 0 Å². The number of thioether (sulfide) groups is 1. The minimum atomic E-state index is -1.09. The third-order valence-electron chi connectivity index (χ3n) is 1.16. The van der Waals surface area contributed by atoms with Crippen LogP contribution in [0.1, 0.15) is 6.92 Å². The molecule has 4 heteroatoms. The maximum Gasteiger partial charge on any atom is 0.123 e. The number of hydrogen-bond acceptors (Lipinski definition) is 3. The summed E-state index contributed by atoms with van der Waals surface area (Å²) in [5, 5.41) is 0. The van der Waals surface area contributed by atoms with Gasteiger partial charge in [0.05, 0.1) is 17.6 Å². The largest absolute Gasteiger partial charge is 0.592 e. The van der Waals surface area contributed by atoms with E-state index in [0.29, 0.717) is 0 Å². The molecule has 0 rings (SSSR count). The molecule has 1 atom stereocenters. The topological polar surface area (TPSA) is 35.4 Å². The van der Waals surface area contributed by atoms with Crippen molar-refractivity contribution in [3.63, 3.8) is 0 Å². The second-order valence-electron chi connectivity index (χ2n) is 2.33. The van der Waals surface area contributed by atoms with Gasteiger partial charge in [-0.3, -0.25) is 0 Å². The van der Waals surface area contributed by atoms with Crippen molar-refractivity contribution < 1.29 is 4.55 Å². The summed E-state index contributed by atoms with van der Waals surface area (Å²) in [5.41, 5.74) is 0. The van der Waals surface area contributed by atoms with Crippen LogP contribution in [0.2, 0.25) is 0 Å². The first-order chi connectivity index (χ1) is 6.70. The Hall–Kier alpha value is -0.450. The van der Waals surface area contributed by atoms with Gasteiger partial charge in [0, 0.05) is 10.7 Å². The lowest BCUT2D eigenvalue weighted by molar-refractivity contribution is 0.603. The fraction of sp³-hybridized carbons (Fsp3) is 0.300. The molecule has 0 N–H and O–H groups in total. The highest BCUT2D eigenvalue weighted by Gasteiger charge is 1.92. The maximum atomic E-state index is 10.6. The minimum absolute atomic E-state index is 0.726. The summed E-state index contributed by atoms with van der Waals surface area (Å²) >= 11 is 0.543. The molecule has 0 heterocycles. The zero-order valence-corrected chi connectivity index (χ0v) is 10.1. The van der Waals surface area contributed by atoms with Crippen molar-refractivity contribution >= 4 is 29.3 Å². The lowest BCUT2D eigenvalue weighted by Crippen LogP contribution is -1.91. The number of allylic oxidation sites excluding steroid dienone is 4. The predicted molar refractivity (Wildman–Crippen MR) is 68.1 cm³/mol. The van der Waals surface area contributed by atoms with Crippen LogP contribution in [0.15, 0.2) is 40.2 Å². The molecule has 0 aromatic carbocycles. The summed E-state index contributed by atoms with van der Waals surface area (Å²) in [4.78, 5) is 1.12. The molecule has 0 aromatic rings. The molecule has 0 bridgehead atoms. The van der Waals surface area contributed by atoms with Gasteiger partial charge in [-0.15, -0.1) is 11.8 Å². The predicted octanol–water partition coefficient (Wildman–Crippen LogP) is 2.73. The third kappa shape index (κ3) is 8.16. The lowest BCUT2D eigenvalue weighted by atomic mass is 10.4. The van der Waals surface area contributed by atoms with Crippen molar-refractivity contribution in [2.24, 2.45) is 4.40 Å². The molecular formula is C10H15NOS2. The summed E-state index contributed by atoms with van der Waals surface area (Å²) < 4.78 is 14.4. The van der Waals surface area contributed by atoms with E-state index in [1.54, 1.807) is 30.3 Å². The smallest absolute Gasteiger partial charge is 0.123 e. The Labute approximate surface area is 93.2 Å². The maximum absolute atomic E-state index is 10.6.